The zero-order valence-corrected chi connectivity index (χ0v) is 11.3. The first-order valence-corrected chi connectivity index (χ1v) is 6.25. The van der Waals surface area contributed by atoms with Gasteiger partial charge in [-0.3, -0.25) is 4.79 Å². The van der Waals surface area contributed by atoms with Crippen molar-refractivity contribution >= 4 is 5.91 Å². The summed E-state index contributed by atoms with van der Waals surface area (Å²) >= 11 is 0. The maximum atomic E-state index is 12.0. The van der Waals surface area contributed by atoms with Gasteiger partial charge in [0, 0.05) is 23.8 Å². The maximum absolute atomic E-state index is 12.0. The summed E-state index contributed by atoms with van der Waals surface area (Å²) in [7, 11) is 0. The molecule has 0 radical (unpaired) electrons. The number of ether oxygens (including phenoxy) is 1. The van der Waals surface area contributed by atoms with Crippen molar-refractivity contribution in [3.8, 4) is 11.8 Å². The topological polar surface area (TPSA) is 58.6 Å². The number of benzene rings is 1. The second-order valence-corrected chi connectivity index (χ2v) is 4.07. The summed E-state index contributed by atoms with van der Waals surface area (Å²) in [6.45, 7) is 4.74. The van der Waals surface area contributed by atoms with E-state index in [2.05, 4.69) is 17.2 Å². The van der Waals surface area contributed by atoms with E-state index in [4.69, 9.17) is 9.84 Å². The highest BCUT2D eigenvalue weighted by molar-refractivity contribution is 5.94. The molecule has 0 spiro atoms. The van der Waals surface area contributed by atoms with Gasteiger partial charge in [0.15, 0.2) is 0 Å². The van der Waals surface area contributed by atoms with Crippen molar-refractivity contribution in [3.05, 3.63) is 35.4 Å². The molecule has 0 aromatic heterocycles. The van der Waals surface area contributed by atoms with Crippen LogP contribution >= 0.6 is 0 Å². The summed E-state index contributed by atoms with van der Waals surface area (Å²) in [6, 6.07) is 6.95. The van der Waals surface area contributed by atoms with Crippen LogP contribution in [0, 0.1) is 11.8 Å². The Bertz CT molecular complexity index is 474. The molecule has 0 fully saturated rings. The van der Waals surface area contributed by atoms with E-state index in [0.29, 0.717) is 24.3 Å². The van der Waals surface area contributed by atoms with Crippen molar-refractivity contribution in [2.24, 2.45) is 0 Å². The number of rotatable bonds is 5. The Hall–Kier alpha value is -1.83. The first-order chi connectivity index (χ1) is 9.17. The molecule has 1 aromatic rings. The van der Waals surface area contributed by atoms with Gasteiger partial charge in [-0.2, -0.15) is 0 Å². The molecule has 0 saturated heterocycles. The smallest absolute Gasteiger partial charge is 0.251 e. The van der Waals surface area contributed by atoms with Crippen LogP contribution in [-0.4, -0.2) is 36.9 Å². The number of hydrogen-bond acceptors (Lipinski definition) is 3. The number of nitrogens with one attached hydrogen (secondary N) is 1. The molecule has 0 aliphatic heterocycles. The predicted octanol–water partition coefficient (Wildman–Crippen LogP) is 1.19. The van der Waals surface area contributed by atoms with Crippen LogP contribution in [0.3, 0.4) is 0 Å². The summed E-state index contributed by atoms with van der Waals surface area (Å²) in [5, 5.41) is 11.5. The van der Waals surface area contributed by atoms with E-state index >= 15 is 0 Å². The highest BCUT2D eigenvalue weighted by Crippen LogP contribution is 2.04. The van der Waals surface area contributed by atoms with E-state index in [9.17, 15) is 4.79 Å². The third-order valence-electron chi connectivity index (χ3n) is 2.39. The van der Waals surface area contributed by atoms with Crippen LogP contribution in [0.1, 0.15) is 29.8 Å². The predicted molar refractivity (Wildman–Crippen MR) is 73.8 cm³/mol. The Kier molecular flexibility index (Phi) is 6.65. The molecule has 0 heterocycles. The zero-order valence-electron chi connectivity index (χ0n) is 11.3. The fourth-order valence-electron chi connectivity index (χ4n) is 1.52. The zero-order chi connectivity index (χ0) is 14.1. The van der Waals surface area contributed by atoms with Crippen molar-refractivity contribution in [2.75, 3.05) is 19.8 Å². The van der Waals surface area contributed by atoms with Crippen molar-refractivity contribution in [2.45, 2.75) is 19.9 Å². The Morgan fingerprint density at radius 3 is 3.00 bits per heavy atom. The van der Waals surface area contributed by atoms with Crippen LogP contribution < -0.4 is 5.32 Å². The SMILES string of the molecule is CCOCC(C)NC(=O)c1cccc(C#CCO)c1. The summed E-state index contributed by atoms with van der Waals surface area (Å²) < 4.78 is 5.24. The lowest BCUT2D eigenvalue weighted by atomic mass is 10.1. The lowest BCUT2D eigenvalue weighted by molar-refractivity contribution is 0.0872. The summed E-state index contributed by atoms with van der Waals surface area (Å²) in [4.78, 5) is 12.0. The second kappa shape index (κ2) is 8.30. The molecule has 1 aromatic carbocycles. The highest BCUT2D eigenvalue weighted by atomic mass is 16.5. The number of aliphatic hydroxyl groups is 1. The quantitative estimate of drug-likeness (QED) is 0.783. The minimum atomic E-state index is -0.193. The number of carbonyl (C=O) groups is 1. The Morgan fingerprint density at radius 1 is 1.53 bits per heavy atom. The molecular formula is C15H19NO3. The highest BCUT2D eigenvalue weighted by Gasteiger charge is 2.09. The van der Waals surface area contributed by atoms with Crippen LogP contribution in [0.2, 0.25) is 0 Å². The largest absolute Gasteiger partial charge is 0.384 e. The van der Waals surface area contributed by atoms with Gasteiger partial charge in [-0.15, -0.1) is 0 Å². The lowest BCUT2D eigenvalue weighted by Crippen LogP contribution is -2.35. The van der Waals surface area contributed by atoms with Crippen molar-refractivity contribution in [1.29, 1.82) is 0 Å². The minimum absolute atomic E-state index is 0.0420. The van der Waals surface area contributed by atoms with Gasteiger partial charge in [0.2, 0.25) is 0 Å². The average molecular weight is 261 g/mol. The molecule has 1 unspecified atom stereocenters. The van der Waals surface area contributed by atoms with Gasteiger partial charge in [0.25, 0.3) is 5.91 Å². The first-order valence-electron chi connectivity index (χ1n) is 6.25. The van der Waals surface area contributed by atoms with E-state index in [1.54, 1.807) is 24.3 Å². The number of hydrogen-bond donors (Lipinski definition) is 2. The van der Waals surface area contributed by atoms with Gasteiger partial charge >= 0.3 is 0 Å². The van der Waals surface area contributed by atoms with Crippen LogP contribution in [0.25, 0.3) is 0 Å². The van der Waals surface area contributed by atoms with Crippen LogP contribution in [0.4, 0.5) is 0 Å². The average Bonchev–Trinajstić information content (AvgIpc) is 2.43. The molecule has 4 heteroatoms. The molecule has 1 atom stereocenters. The third-order valence-corrected chi connectivity index (χ3v) is 2.39. The molecule has 102 valence electrons. The molecule has 0 aliphatic carbocycles. The Morgan fingerprint density at radius 2 is 2.32 bits per heavy atom. The molecule has 0 aliphatic rings. The Balaban J connectivity index is 2.66. The van der Waals surface area contributed by atoms with Gasteiger partial charge in [-0.1, -0.05) is 17.9 Å². The molecule has 2 N–H and O–H groups in total. The number of carbonyl (C=O) groups excluding carboxylic acids is 1. The van der Waals surface area contributed by atoms with Crippen LogP contribution in [0.5, 0.6) is 0 Å². The monoisotopic (exact) mass is 261 g/mol. The standard InChI is InChI=1S/C15H19NO3/c1-3-19-11-12(2)16-15(18)14-8-4-6-13(10-14)7-5-9-17/h4,6,8,10,12,17H,3,9,11H2,1-2H3,(H,16,18). The van der Waals surface area contributed by atoms with Crippen molar-refractivity contribution < 1.29 is 14.6 Å². The summed E-state index contributed by atoms with van der Waals surface area (Å²) in [6.07, 6.45) is 0. The first kappa shape index (κ1) is 15.2. The summed E-state index contributed by atoms with van der Waals surface area (Å²) in [5.74, 6) is 5.17. The van der Waals surface area contributed by atoms with E-state index in [-0.39, 0.29) is 18.6 Å². The minimum Gasteiger partial charge on any atom is -0.384 e. The molecule has 0 bridgehead atoms. The molecular weight excluding hydrogens is 242 g/mol. The normalized spacial score (nSPS) is 11.3. The second-order valence-electron chi connectivity index (χ2n) is 4.07. The van der Waals surface area contributed by atoms with Crippen LogP contribution in [-0.2, 0) is 4.74 Å². The van der Waals surface area contributed by atoms with Gasteiger partial charge < -0.3 is 15.2 Å². The molecule has 4 nitrogen and oxygen atoms in total. The van der Waals surface area contributed by atoms with E-state index in [1.165, 1.54) is 0 Å². The third kappa shape index (κ3) is 5.56. The molecule has 0 saturated carbocycles. The van der Waals surface area contributed by atoms with Crippen molar-refractivity contribution in [1.82, 2.24) is 5.32 Å². The maximum Gasteiger partial charge on any atom is 0.251 e. The Labute approximate surface area is 113 Å². The molecule has 19 heavy (non-hydrogen) atoms. The van der Waals surface area contributed by atoms with Gasteiger partial charge in [0.05, 0.1) is 6.61 Å². The van der Waals surface area contributed by atoms with E-state index in [1.807, 2.05) is 13.8 Å². The molecule has 1 rings (SSSR count). The number of amides is 1. The van der Waals surface area contributed by atoms with E-state index < -0.39 is 0 Å². The fraction of sp³-hybridized carbons (Fsp3) is 0.400. The van der Waals surface area contributed by atoms with Gasteiger partial charge in [-0.05, 0) is 32.0 Å². The van der Waals surface area contributed by atoms with Gasteiger partial charge in [-0.25, -0.2) is 0 Å². The van der Waals surface area contributed by atoms with Gasteiger partial charge in [0.1, 0.15) is 6.61 Å². The van der Waals surface area contributed by atoms with Crippen molar-refractivity contribution in [3.63, 3.8) is 0 Å². The number of aliphatic hydroxyl groups excluding tert-OH is 1. The fourth-order valence-corrected chi connectivity index (χ4v) is 1.52. The summed E-state index contributed by atoms with van der Waals surface area (Å²) in [5.41, 5.74) is 1.26. The van der Waals surface area contributed by atoms with Crippen LogP contribution in [0.15, 0.2) is 24.3 Å². The molecule has 1 amide bonds. The lowest BCUT2D eigenvalue weighted by Gasteiger charge is -2.13. The van der Waals surface area contributed by atoms with E-state index in [0.717, 1.165) is 0 Å².